The average Bonchev–Trinajstić information content (AvgIpc) is 2.36. The van der Waals surface area contributed by atoms with Crippen LogP contribution >= 0.6 is 11.8 Å². The second kappa shape index (κ2) is 7.58. The Labute approximate surface area is 108 Å². The monoisotopic (exact) mass is 255 g/mol. The van der Waals surface area contributed by atoms with Crippen molar-refractivity contribution in [3.8, 4) is 5.75 Å². The van der Waals surface area contributed by atoms with Crippen molar-refractivity contribution in [3.63, 3.8) is 0 Å². The van der Waals surface area contributed by atoms with E-state index in [1.807, 2.05) is 20.0 Å². The molecule has 0 radical (unpaired) electrons. The molecule has 0 aliphatic heterocycles. The molecular weight excluding hydrogens is 234 g/mol. The van der Waals surface area contributed by atoms with Gasteiger partial charge in [-0.05, 0) is 24.7 Å². The fourth-order valence-electron chi connectivity index (χ4n) is 1.54. The second-order valence-corrected chi connectivity index (χ2v) is 5.41. The predicted molar refractivity (Wildman–Crippen MR) is 73.6 cm³/mol. The fraction of sp³-hybridized carbons (Fsp3) is 0.538. The van der Waals surface area contributed by atoms with Crippen LogP contribution in [0.3, 0.4) is 0 Å². The van der Waals surface area contributed by atoms with Crippen molar-refractivity contribution in [1.29, 1.82) is 0 Å². The third-order valence-corrected chi connectivity index (χ3v) is 3.70. The smallest absolute Gasteiger partial charge is 0.122 e. The zero-order valence-corrected chi connectivity index (χ0v) is 11.5. The number of rotatable bonds is 7. The van der Waals surface area contributed by atoms with Crippen LogP contribution in [0.1, 0.15) is 18.1 Å². The molecule has 4 heteroatoms. The highest BCUT2D eigenvalue weighted by atomic mass is 32.2. The summed E-state index contributed by atoms with van der Waals surface area (Å²) in [5.41, 5.74) is 2.44. The molecule has 0 aliphatic rings. The molecule has 2 N–H and O–H groups in total. The maximum atomic E-state index is 9.02. The predicted octanol–water partition coefficient (Wildman–Crippen LogP) is 2.03. The Morgan fingerprint density at radius 2 is 2.24 bits per heavy atom. The molecule has 17 heavy (non-hydrogen) atoms. The number of hydrogen-bond acceptors (Lipinski definition) is 4. The summed E-state index contributed by atoms with van der Waals surface area (Å²) in [6.07, 6.45) is 0. The Morgan fingerprint density at radius 1 is 1.47 bits per heavy atom. The van der Waals surface area contributed by atoms with Crippen LogP contribution in [0.25, 0.3) is 0 Å². The first kappa shape index (κ1) is 14.4. The lowest BCUT2D eigenvalue weighted by Gasteiger charge is -2.12. The van der Waals surface area contributed by atoms with E-state index >= 15 is 0 Å². The summed E-state index contributed by atoms with van der Waals surface area (Å²) in [4.78, 5) is 0. The summed E-state index contributed by atoms with van der Waals surface area (Å²) in [5, 5.41) is 12.4. The van der Waals surface area contributed by atoms with Gasteiger partial charge in [0.05, 0.1) is 13.7 Å². The molecule has 0 aliphatic carbocycles. The normalized spacial score (nSPS) is 12.5. The molecule has 1 aromatic carbocycles. The van der Waals surface area contributed by atoms with Gasteiger partial charge in [0, 0.05) is 23.1 Å². The van der Waals surface area contributed by atoms with E-state index < -0.39 is 0 Å². The largest absolute Gasteiger partial charge is 0.496 e. The highest BCUT2D eigenvalue weighted by Crippen LogP contribution is 2.26. The van der Waals surface area contributed by atoms with Gasteiger partial charge in [-0.3, -0.25) is 0 Å². The highest BCUT2D eigenvalue weighted by Gasteiger charge is 2.07. The third-order valence-electron chi connectivity index (χ3n) is 2.51. The molecule has 0 amide bonds. The molecule has 1 rings (SSSR count). The first-order chi connectivity index (χ1) is 8.21. The van der Waals surface area contributed by atoms with Crippen molar-refractivity contribution in [1.82, 2.24) is 5.32 Å². The molecule has 0 spiro atoms. The maximum absolute atomic E-state index is 9.02. The van der Waals surface area contributed by atoms with Gasteiger partial charge in [-0.25, -0.2) is 0 Å². The molecule has 0 aromatic heterocycles. The molecule has 0 saturated carbocycles. The third kappa shape index (κ3) is 4.58. The maximum Gasteiger partial charge on any atom is 0.122 e. The van der Waals surface area contributed by atoms with Crippen LogP contribution in [0.2, 0.25) is 0 Å². The molecule has 0 fully saturated rings. The van der Waals surface area contributed by atoms with E-state index in [1.165, 1.54) is 11.1 Å². The van der Waals surface area contributed by atoms with Crippen molar-refractivity contribution < 1.29 is 9.84 Å². The van der Waals surface area contributed by atoms with E-state index in [-0.39, 0.29) is 11.9 Å². The molecule has 1 unspecified atom stereocenters. The molecule has 96 valence electrons. The van der Waals surface area contributed by atoms with Crippen molar-refractivity contribution in [2.45, 2.75) is 24.5 Å². The topological polar surface area (TPSA) is 41.5 Å². The van der Waals surface area contributed by atoms with E-state index in [1.54, 1.807) is 18.9 Å². The number of thioether (sulfide) groups is 1. The average molecular weight is 255 g/mol. The standard InChI is InChI=1S/C13H21NO2S/c1-10(8-15)17-9-12-6-11(7-14-2)4-5-13(12)16-3/h4-6,10,14-15H,7-9H2,1-3H3. The van der Waals surface area contributed by atoms with Gasteiger partial charge in [0.25, 0.3) is 0 Å². The van der Waals surface area contributed by atoms with Crippen LogP contribution in [0, 0.1) is 0 Å². The van der Waals surface area contributed by atoms with Crippen molar-refractivity contribution in [2.75, 3.05) is 20.8 Å². The quantitative estimate of drug-likeness (QED) is 0.782. The second-order valence-electron chi connectivity index (χ2n) is 3.98. The van der Waals surface area contributed by atoms with E-state index in [0.29, 0.717) is 0 Å². The Morgan fingerprint density at radius 3 is 2.82 bits per heavy atom. The fourth-order valence-corrected chi connectivity index (χ4v) is 2.34. The number of aliphatic hydroxyl groups excluding tert-OH is 1. The zero-order valence-electron chi connectivity index (χ0n) is 10.7. The van der Waals surface area contributed by atoms with E-state index in [4.69, 9.17) is 9.84 Å². The van der Waals surface area contributed by atoms with Gasteiger partial charge in [-0.1, -0.05) is 13.0 Å². The highest BCUT2D eigenvalue weighted by molar-refractivity contribution is 7.99. The number of ether oxygens (including phenoxy) is 1. The van der Waals surface area contributed by atoms with Crippen molar-refractivity contribution in [2.24, 2.45) is 0 Å². The summed E-state index contributed by atoms with van der Waals surface area (Å²) in [6.45, 7) is 3.09. The van der Waals surface area contributed by atoms with Gasteiger partial charge < -0.3 is 15.2 Å². The Balaban J connectivity index is 2.75. The van der Waals surface area contributed by atoms with Gasteiger partial charge in [0.15, 0.2) is 0 Å². The number of methoxy groups -OCH3 is 1. The van der Waals surface area contributed by atoms with Crippen LogP contribution in [0.4, 0.5) is 0 Å². The number of aliphatic hydroxyl groups is 1. The molecular formula is C13H21NO2S. The lowest BCUT2D eigenvalue weighted by atomic mass is 10.1. The lowest BCUT2D eigenvalue weighted by Crippen LogP contribution is -2.06. The zero-order chi connectivity index (χ0) is 12.7. The molecule has 3 nitrogen and oxygen atoms in total. The van der Waals surface area contributed by atoms with E-state index in [0.717, 1.165) is 18.0 Å². The van der Waals surface area contributed by atoms with E-state index in [2.05, 4.69) is 17.4 Å². The van der Waals surface area contributed by atoms with Crippen molar-refractivity contribution >= 4 is 11.8 Å². The van der Waals surface area contributed by atoms with Gasteiger partial charge >= 0.3 is 0 Å². The number of benzene rings is 1. The number of hydrogen-bond donors (Lipinski definition) is 2. The van der Waals surface area contributed by atoms with Crippen molar-refractivity contribution in [3.05, 3.63) is 29.3 Å². The van der Waals surface area contributed by atoms with Gasteiger partial charge in [-0.2, -0.15) is 11.8 Å². The molecule has 0 bridgehead atoms. The first-order valence-electron chi connectivity index (χ1n) is 5.74. The first-order valence-corrected chi connectivity index (χ1v) is 6.79. The van der Waals surface area contributed by atoms with Crippen LogP contribution in [0.5, 0.6) is 5.75 Å². The number of nitrogens with one attached hydrogen (secondary N) is 1. The van der Waals surface area contributed by atoms with Gasteiger partial charge in [0.1, 0.15) is 5.75 Å². The summed E-state index contributed by atoms with van der Waals surface area (Å²) in [5.74, 6) is 1.78. The summed E-state index contributed by atoms with van der Waals surface area (Å²) < 4.78 is 5.35. The summed E-state index contributed by atoms with van der Waals surface area (Å²) in [7, 11) is 3.63. The lowest BCUT2D eigenvalue weighted by molar-refractivity contribution is 0.300. The van der Waals surface area contributed by atoms with Gasteiger partial charge in [-0.15, -0.1) is 0 Å². The van der Waals surface area contributed by atoms with Crippen LogP contribution in [-0.4, -0.2) is 31.1 Å². The molecule has 0 saturated heterocycles. The molecule has 0 heterocycles. The minimum absolute atomic E-state index is 0.211. The molecule has 1 atom stereocenters. The molecule has 1 aromatic rings. The summed E-state index contributed by atoms with van der Waals surface area (Å²) >= 11 is 1.74. The Hall–Kier alpha value is -0.710. The summed E-state index contributed by atoms with van der Waals surface area (Å²) in [6, 6.07) is 6.23. The van der Waals surface area contributed by atoms with Crippen LogP contribution in [-0.2, 0) is 12.3 Å². The SMILES string of the molecule is CNCc1ccc(OC)c(CSC(C)CO)c1. The Bertz CT molecular complexity index is 344. The minimum atomic E-state index is 0.211. The van der Waals surface area contributed by atoms with Crippen LogP contribution < -0.4 is 10.1 Å². The van der Waals surface area contributed by atoms with Crippen LogP contribution in [0.15, 0.2) is 18.2 Å². The Kier molecular flexibility index (Phi) is 6.40. The van der Waals surface area contributed by atoms with E-state index in [9.17, 15) is 0 Å². The van der Waals surface area contributed by atoms with Gasteiger partial charge in [0.2, 0.25) is 0 Å². The minimum Gasteiger partial charge on any atom is -0.496 e.